The Labute approximate surface area is 121 Å². The lowest BCUT2D eigenvalue weighted by Crippen LogP contribution is -2.34. The minimum atomic E-state index is 0.225. The minimum Gasteiger partial charge on any atom is -0.339 e. The molecule has 108 valence electrons. The van der Waals surface area contributed by atoms with Crippen LogP contribution in [0.5, 0.6) is 0 Å². The van der Waals surface area contributed by atoms with Gasteiger partial charge in [0, 0.05) is 19.5 Å². The first-order valence-corrected chi connectivity index (χ1v) is 7.76. The summed E-state index contributed by atoms with van der Waals surface area (Å²) in [5.41, 5.74) is 8.82. The summed E-state index contributed by atoms with van der Waals surface area (Å²) in [6.07, 6.45) is 6.13. The van der Waals surface area contributed by atoms with Gasteiger partial charge in [0.25, 0.3) is 0 Å². The molecule has 2 aliphatic carbocycles. The molecule has 0 heterocycles. The van der Waals surface area contributed by atoms with Gasteiger partial charge in [-0.25, -0.2) is 0 Å². The van der Waals surface area contributed by atoms with Gasteiger partial charge in [-0.2, -0.15) is 0 Å². The maximum atomic E-state index is 12.5. The molecule has 1 fully saturated rings. The Bertz CT molecular complexity index is 500. The predicted octanol–water partition coefficient (Wildman–Crippen LogP) is 2.65. The fraction of sp³-hybridized carbons (Fsp3) is 0.588. The average molecular weight is 272 g/mol. The topological polar surface area (TPSA) is 46.3 Å². The van der Waals surface area contributed by atoms with Crippen molar-refractivity contribution < 1.29 is 4.79 Å². The lowest BCUT2D eigenvalue weighted by atomic mass is 9.98. The monoisotopic (exact) mass is 272 g/mol. The van der Waals surface area contributed by atoms with Crippen LogP contribution in [0.4, 0.5) is 0 Å². The number of nitrogens with two attached hydrogens (primary N) is 1. The van der Waals surface area contributed by atoms with E-state index < -0.39 is 0 Å². The maximum absolute atomic E-state index is 12.5. The van der Waals surface area contributed by atoms with E-state index in [0.717, 1.165) is 25.7 Å². The van der Waals surface area contributed by atoms with Gasteiger partial charge in [0.15, 0.2) is 0 Å². The molecule has 0 saturated heterocycles. The van der Waals surface area contributed by atoms with Crippen molar-refractivity contribution in [1.82, 2.24) is 4.90 Å². The van der Waals surface area contributed by atoms with Crippen molar-refractivity contribution in [2.45, 2.75) is 50.6 Å². The normalized spacial score (nSPS) is 28.4. The van der Waals surface area contributed by atoms with E-state index >= 15 is 0 Å². The molecule has 0 spiro atoms. The fourth-order valence-electron chi connectivity index (χ4n) is 3.80. The van der Waals surface area contributed by atoms with E-state index in [9.17, 15) is 4.79 Å². The number of carbonyl (C=O) groups excluding carboxylic acids is 1. The Morgan fingerprint density at radius 3 is 2.85 bits per heavy atom. The van der Waals surface area contributed by atoms with Gasteiger partial charge >= 0.3 is 0 Å². The molecule has 0 bridgehead atoms. The Kier molecular flexibility index (Phi) is 3.79. The molecule has 2 aliphatic rings. The number of hydrogen-bond acceptors (Lipinski definition) is 2. The first-order valence-electron chi connectivity index (χ1n) is 7.76. The molecule has 1 unspecified atom stereocenters. The first kappa shape index (κ1) is 13.6. The molecular formula is C17H24N2O. The third kappa shape index (κ3) is 2.47. The quantitative estimate of drug-likeness (QED) is 0.919. The van der Waals surface area contributed by atoms with E-state index in [4.69, 9.17) is 5.73 Å². The van der Waals surface area contributed by atoms with Gasteiger partial charge in [-0.15, -0.1) is 0 Å². The van der Waals surface area contributed by atoms with Crippen LogP contribution in [0.3, 0.4) is 0 Å². The van der Waals surface area contributed by atoms with Gasteiger partial charge in [0.05, 0.1) is 6.04 Å². The van der Waals surface area contributed by atoms with Crippen LogP contribution in [0.15, 0.2) is 24.3 Å². The van der Waals surface area contributed by atoms with Crippen LogP contribution < -0.4 is 5.73 Å². The number of hydrogen-bond donors (Lipinski definition) is 1. The van der Waals surface area contributed by atoms with E-state index in [1.807, 2.05) is 11.9 Å². The largest absolute Gasteiger partial charge is 0.339 e. The van der Waals surface area contributed by atoms with Gasteiger partial charge in [-0.3, -0.25) is 4.79 Å². The van der Waals surface area contributed by atoms with Crippen molar-refractivity contribution in [2.24, 2.45) is 11.7 Å². The van der Waals surface area contributed by atoms with Gasteiger partial charge in [0.1, 0.15) is 0 Å². The lowest BCUT2D eigenvalue weighted by molar-refractivity contribution is -0.133. The summed E-state index contributed by atoms with van der Waals surface area (Å²) in [5.74, 6) is 0.649. The third-order valence-electron chi connectivity index (χ3n) is 5.12. The van der Waals surface area contributed by atoms with Crippen molar-refractivity contribution in [1.29, 1.82) is 0 Å². The summed E-state index contributed by atoms with van der Waals surface area (Å²) >= 11 is 0. The van der Waals surface area contributed by atoms with Crippen LogP contribution in [-0.2, 0) is 11.2 Å². The molecule has 1 aromatic carbocycles. The van der Waals surface area contributed by atoms with Crippen LogP contribution in [0.2, 0.25) is 0 Å². The molecule has 2 N–H and O–H groups in total. The van der Waals surface area contributed by atoms with Gasteiger partial charge in [0.2, 0.25) is 5.91 Å². The summed E-state index contributed by atoms with van der Waals surface area (Å²) in [6.45, 7) is 0. The molecule has 1 aromatic rings. The molecule has 3 heteroatoms. The number of rotatable bonds is 3. The molecule has 3 rings (SSSR count). The highest BCUT2D eigenvalue weighted by molar-refractivity contribution is 5.77. The number of amides is 1. The zero-order chi connectivity index (χ0) is 14.1. The van der Waals surface area contributed by atoms with Crippen molar-refractivity contribution in [2.75, 3.05) is 7.05 Å². The Morgan fingerprint density at radius 1 is 1.30 bits per heavy atom. The molecule has 0 radical (unpaired) electrons. The second-order valence-corrected chi connectivity index (χ2v) is 6.32. The van der Waals surface area contributed by atoms with E-state index in [-0.39, 0.29) is 18.0 Å². The number of carbonyl (C=O) groups is 1. The number of aryl methyl sites for hydroxylation is 1. The smallest absolute Gasteiger partial charge is 0.223 e. The molecule has 20 heavy (non-hydrogen) atoms. The van der Waals surface area contributed by atoms with Gasteiger partial charge in [-0.05, 0) is 42.7 Å². The van der Waals surface area contributed by atoms with Gasteiger partial charge in [-0.1, -0.05) is 30.7 Å². The average Bonchev–Trinajstić information content (AvgIpc) is 3.05. The van der Waals surface area contributed by atoms with Gasteiger partial charge < -0.3 is 10.6 Å². The number of nitrogens with zero attached hydrogens (tertiary/aromatic N) is 1. The molecule has 1 amide bonds. The zero-order valence-electron chi connectivity index (χ0n) is 12.2. The molecule has 0 aromatic heterocycles. The summed E-state index contributed by atoms with van der Waals surface area (Å²) in [7, 11) is 1.95. The number of fused-ring (bicyclic) bond motifs is 1. The highest BCUT2D eigenvalue weighted by Crippen LogP contribution is 2.36. The predicted molar refractivity (Wildman–Crippen MR) is 80.2 cm³/mol. The second-order valence-electron chi connectivity index (χ2n) is 6.32. The molecular weight excluding hydrogens is 248 g/mol. The number of benzene rings is 1. The molecule has 3 nitrogen and oxygen atoms in total. The van der Waals surface area contributed by atoms with E-state index in [2.05, 4.69) is 24.3 Å². The van der Waals surface area contributed by atoms with E-state index in [1.165, 1.54) is 17.5 Å². The Balaban J connectivity index is 1.67. The first-order chi connectivity index (χ1) is 9.66. The van der Waals surface area contributed by atoms with E-state index in [1.54, 1.807) is 0 Å². The van der Waals surface area contributed by atoms with Crippen molar-refractivity contribution in [3.8, 4) is 0 Å². The van der Waals surface area contributed by atoms with Crippen molar-refractivity contribution >= 4 is 5.91 Å². The lowest BCUT2D eigenvalue weighted by Gasteiger charge is -2.27. The van der Waals surface area contributed by atoms with Crippen molar-refractivity contribution in [3.05, 3.63) is 35.4 Å². The van der Waals surface area contributed by atoms with Crippen LogP contribution in [-0.4, -0.2) is 23.9 Å². The second kappa shape index (κ2) is 5.57. The molecule has 0 aliphatic heterocycles. The summed E-state index contributed by atoms with van der Waals surface area (Å²) in [6, 6.07) is 8.99. The van der Waals surface area contributed by atoms with Crippen LogP contribution in [0, 0.1) is 5.92 Å². The third-order valence-corrected chi connectivity index (χ3v) is 5.12. The highest BCUT2D eigenvalue weighted by atomic mass is 16.2. The van der Waals surface area contributed by atoms with Crippen LogP contribution in [0.25, 0.3) is 0 Å². The van der Waals surface area contributed by atoms with Crippen LogP contribution >= 0.6 is 0 Å². The highest BCUT2D eigenvalue weighted by Gasteiger charge is 2.31. The van der Waals surface area contributed by atoms with E-state index in [0.29, 0.717) is 12.3 Å². The summed E-state index contributed by atoms with van der Waals surface area (Å²) in [5, 5.41) is 0. The van der Waals surface area contributed by atoms with Crippen LogP contribution in [0.1, 0.15) is 49.3 Å². The Morgan fingerprint density at radius 2 is 2.10 bits per heavy atom. The molecule has 1 saturated carbocycles. The zero-order valence-corrected chi connectivity index (χ0v) is 12.2. The standard InChI is InChI=1S/C17H24N2O/c1-19(17(20)11-13-6-4-8-15(13)18)16-10-9-12-5-2-3-7-14(12)16/h2-3,5,7,13,15-16H,4,6,8-11,18H2,1H3/t13-,15+,16?/m0/s1. The SMILES string of the molecule is CN(C(=O)C[C@@H]1CCC[C@H]1N)C1CCc2ccccc21. The maximum Gasteiger partial charge on any atom is 0.223 e. The van der Waals surface area contributed by atoms with Crippen molar-refractivity contribution in [3.63, 3.8) is 0 Å². The Hall–Kier alpha value is -1.35. The summed E-state index contributed by atoms with van der Waals surface area (Å²) < 4.78 is 0. The minimum absolute atomic E-state index is 0.225. The fourth-order valence-corrected chi connectivity index (χ4v) is 3.80. The summed E-state index contributed by atoms with van der Waals surface area (Å²) in [4.78, 5) is 14.5. The molecule has 3 atom stereocenters.